The number of primary amides is 1. The molecule has 4 nitrogen and oxygen atoms in total. The van der Waals surface area contributed by atoms with Crippen LogP contribution in [-0.2, 0) is 4.74 Å². The van der Waals surface area contributed by atoms with Crippen LogP contribution < -0.4 is 5.73 Å². The summed E-state index contributed by atoms with van der Waals surface area (Å²) < 4.78 is 7.30. The van der Waals surface area contributed by atoms with Gasteiger partial charge in [-0.05, 0) is 70.3 Å². The Morgan fingerprint density at radius 2 is 2.11 bits per heavy atom. The standard InChI is InChI=1S/C12H14BrIN2O2/c13-10-9(14)5-6-16-11(10)7-1-3-8(4-2-7)18-12(15)17/h5-8H,1-4H2,(H2,15,17). The van der Waals surface area contributed by atoms with Gasteiger partial charge in [-0.15, -0.1) is 0 Å². The number of nitrogens with zero attached hydrogens (tertiary/aromatic N) is 1. The topological polar surface area (TPSA) is 65.2 Å². The first-order valence-corrected chi connectivity index (χ1v) is 7.71. The van der Waals surface area contributed by atoms with Gasteiger partial charge >= 0.3 is 6.09 Å². The van der Waals surface area contributed by atoms with Crippen LogP contribution in [0.5, 0.6) is 0 Å². The van der Waals surface area contributed by atoms with Crippen LogP contribution in [0.4, 0.5) is 4.79 Å². The van der Waals surface area contributed by atoms with Crippen molar-refractivity contribution in [1.82, 2.24) is 4.98 Å². The predicted octanol–water partition coefficient (Wildman–Crippen LogP) is 3.57. The first-order chi connectivity index (χ1) is 8.58. The summed E-state index contributed by atoms with van der Waals surface area (Å²) in [5, 5.41) is 0. The highest BCUT2D eigenvalue weighted by Crippen LogP contribution is 2.37. The summed E-state index contributed by atoms with van der Waals surface area (Å²) in [6.45, 7) is 0. The van der Waals surface area contributed by atoms with E-state index in [2.05, 4.69) is 43.5 Å². The number of hydrogen-bond donors (Lipinski definition) is 1. The van der Waals surface area contributed by atoms with E-state index in [1.807, 2.05) is 12.3 Å². The molecule has 1 aromatic heterocycles. The van der Waals surface area contributed by atoms with E-state index in [-0.39, 0.29) is 6.10 Å². The van der Waals surface area contributed by atoms with E-state index in [1.54, 1.807) is 0 Å². The normalized spacial score (nSPS) is 23.7. The summed E-state index contributed by atoms with van der Waals surface area (Å²) in [4.78, 5) is 15.2. The van der Waals surface area contributed by atoms with E-state index in [4.69, 9.17) is 10.5 Å². The van der Waals surface area contributed by atoms with Crippen molar-refractivity contribution in [2.45, 2.75) is 37.7 Å². The van der Waals surface area contributed by atoms with Gasteiger partial charge in [0.15, 0.2) is 0 Å². The van der Waals surface area contributed by atoms with Gasteiger partial charge in [-0.3, -0.25) is 4.98 Å². The third-order valence-corrected chi connectivity index (χ3v) is 5.69. The van der Waals surface area contributed by atoms with E-state index in [0.29, 0.717) is 5.92 Å². The van der Waals surface area contributed by atoms with Crippen molar-refractivity contribution >= 4 is 44.6 Å². The van der Waals surface area contributed by atoms with Crippen molar-refractivity contribution in [2.24, 2.45) is 5.73 Å². The smallest absolute Gasteiger partial charge is 0.404 e. The lowest BCUT2D eigenvalue weighted by Gasteiger charge is -2.28. The molecule has 0 aromatic carbocycles. The highest BCUT2D eigenvalue weighted by Gasteiger charge is 2.26. The minimum atomic E-state index is -0.674. The molecule has 0 saturated heterocycles. The van der Waals surface area contributed by atoms with Gasteiger partial charge in [0, 0.05) is 15.7 Å². The molecule has 0 unspecified atom stereocenters. The molecule has 18 heavy (non-hydrogen) atoms. The number of hydrogen-bond acceptors (Lipinski definition) is 3. The number of ether oxygens (including phenoxy) is 1. The Hall–Kier alpha value is -0.370. The van der Waals surface area contributed by atoms with Crippen molar-refractivity contribution in [3.05, 3.63) is 26.0 Å². The predicted molar refractivity (Wildman–Crippen MR) is 80.3 cm³/mol. The molecule has 0 aliphatic heterocycles. The van der Waals surface area contributed by atoms with Gasteiger partial charge in [-0.25, -0.2) is 4.79 Å². The quantitative estimate of drug-likeness (QED) is 0.738. The molecule has 0 spiro atoms. The van der Waals surface area contributed by atoms with Crippen LogP contribution in [-0.4, -0.2) is 17.2 Å². The molecular weight excluding hydrogens is 411 g/mol. The largest absolute Gasteiger partial charge is 0.446 e. The molecule has 1 aliphatic carbocycles. The minimum Gasteiger partial charge on any atom is -0.446 e. The fourth-order valence-corrected chi connectivity index (χ4v) is 3.33. The molecule has 0 atom stereocenters. The molecule has 1 saturated carbocycles. The van der Waals surface area contributed by atoms with E-state index in [1.165, 1.54) is 3.57 Å². The molecular formula is C12H14BrIN2O2. The lowest BCUT2D eigenvalue weighted by Crippen LogP contribution is -2.27. The zero-order valence-corrected chi connectivity index (χ0v) is 13.5. The van der Waals surface area contributed by atoms with Crippen molar-refractivity contribution in [2.75, 3.05) is 0 Å². The van der Waals surface area contributed by atoms with Gasteiger partial charge in [0.25, 0.3) is 0 Å². The van der Waals surface area contributed by atoms with Gasteiger partial charge in [-0.2, -0.15) is 0 Å². The van der Waals surface area contributed by atoms with Crippen LogP contribution in [0.1, 0.15) is 37.3 Å². The Kier molecular flexibility index (Phi) is 4.83. The van der Waals surface area contributed by atoms with Crippen molar-refractivity contribution in [3.63, 3.8) is 0 Å². The van der Waals surface area contributed by atoms with Gasteiger partial charge in [0.2, 0.25) is 0 Å². The van der Waals surface area contributed by atoms with Crippen LogP contribution in [0.3, 0.4) is 0 Å². The number of rotatable bonds is 2. The molecule has 0 bridgehead atoms. The molecule has 98 valence electrons. The number of amides is 1. The fourth-order valence-electron chi connectivity index (χ4n) is 2.34. The van der Waals surface area contributed by atoms with Crippen LogP contribution in [0, 0.1) is 3.57 Å². The molecule has 2 rings (SSSR count). The number of nitrogens with two attached hydrogens (primary N) is 1. The van der Waals surface area contributed by atoms with E-state index >= 15 is 0 Å². The zero-order valence-electron chi connectivity index (χ0n) is 9.73. The zero-order chi connectivity index (χ0) is 13.1. The summed E-state index contributed by atoms with van der Waals surface area (Å²) >= 11 is 5.89. The second-order valence-corrected chi connectivity index (χ2v) is 6.36. The SMILES string of the molecule is NC(=O)OC1CCC(c2nccc(I)c2Br)CC1. The molecule has 1 amide bonds. The van der Waals surface area contributed by atoms with Crippen molar-refractivity contribution < 1.29 is 9.53 Å². The highest BCUT2D eigenvalue weighted by molar-refractivity contribution is 14.1. The maximum atomic E-state index is 10.7. The highest BCUT2D eigenvalue weighted by atomic mass is 127. The molecule has 1 heterocycles. The molecule has 1 aliphatic rings. The molecule has 1 fully saturated rings. The van der Waals surface area contributed by atoms with Gasteiger partial charge < -0.3 is 10.5 Å². The summed E-state index contributed by atoms with van der Waals surface area (Å²) in [6, 6.07) is 1.98. The average molecular weight is 425 g/mol. The summed E-state index contributed by atoms with van der Waals surface area (Å²) in [5.74, 6) is 0.432. The van der Waals surface area contributed by atoms with Crippen LogP contribution in [0.15, 0.2) is 16.7 Å². The molecule has 2 N–H and O–H groups in total. The fraction of sp³-hybridized carbons (Fsp3) is 0.500. The number of carbonyl (C=O) groups is 1. The summed E-state index contributed by atoms with van der Waals surface area (Å²) in [5.41, 5.74) is 6.14. The Bertz CT molecular complexity index is 448. The van der Waals surface area contributed by atoms with Crippen LogP contribution in [0.2, 0.25) is 0 Å². The first-order valence-electron chi connectivity index (χ1n) is 5.84. The Morgan fingerprint density at radius 3 is 2.72 bits per heavy atom. The lowest BCUT2D eigenvalue weighted by atomic mass is 9.85. The summed E-state index contributed by atoms with van der Waals surface area (Å²) in [7, 11) is 0. The van der Waals surface area contributed by atoms with E-state index in [9.17, 15) is 4.79 Å². The molecule has 6 heteroatoms. The summed E-state index contributed by atoms with van der Waals surface area (Å²) in [6.07, 6.45) is 4.80. The van der Waals surface area contributed by atoms with Gasteiger partial charge in [-0.1, -0.05) is 0 Å². The van der Waals surface area contributed by atoms with Crippen LogP contribution in [0.25, 0.3) is 0 Å². The molecule has 0 radical (unpaired) electrons. The first kappa shape index (κ1) is 14.0. The number of aromatic nitrogens is 1. The monoisotopic (exact) mass is 424 g/mol. The maximum Gasteiger partial charge on any atom is 0.404 e. The van der Waals surface area contributed by atoms with Crippen LogP contribution >= 0.6 is 38.5 Å². The number of pyridine rings is 1. The number of carbonyl (C=O) groups excluding carboxylic acids is 1. The second-order valence-electron chi connectivity index (χ2n) is 4.40. The Morgan fingerprint density at radius 1 is 1.44 bits per heavy atom. The third kappa shape index (κ3) is 3.34. The minimum absolute atomic E-state index is 0.0275. The Balaban J connectivity index is 2.01. The Labute approximate surface area is 128 Å². The van der Waals surface area contributed by atoms with Crippen molar-refractivity contribution in [3.8, 4) is 0 Å². The number of halogens is 2. The van der Waals surface area contributed by atoms with E-state index in [0.717, 1.165) is 35.8 Å². The third-order valence-electron chi connectivity index (χ3n) is 3.21. The van der Waals surface area contributed by atoms with Crippen molar-refractivity contribution in [1.29, 1.82) is 0 Å². The lowest BCUT2D eigenvalue weighted by molar-refractivity contribution is 0.0783. The van der Waals surface area contributed by atoms with Gasteiger partial charge in [0.05, 0.1) is 10.2 Å². The van der Waals surface area contributed by atoms with E-state index < -0.39 is 6.09 Å². The molecule has 1 aromatic rings. The van der Waals surface area contributed by atoms with Gasteiger partial charge in [0.1, 0.15) is 6.10 Å². The average Bonchev–Trinajstić information content (AvgIpc) is 2.33. The second kappa shape index (κ2) is 6.18. The maximum absolute atomic E-state index is 10.7.